The fourth-order valence-electron chi connectivity index (χ4n) is 5.23. The van der Waals surface area contributed by atoms with E-state index in [1.54, 1.807) is 12.2 Å². The molecule has 4 heteroatoms. The summed E-state index contributed by atoms with van der Waals surface area (Å²) >= 11 is 7.28. The molecular weight excluding hydrogens is 552 g/mol. The SMILES string of the molecule is O[C@]1(c2ccc(Br)c3ccccc23)C=C[C@](O)(c2ccc(Br)c3ccccc23)c2ccccc21. The third-order valence-electron chi connectivity index (χ3n) is 6.88. The average molecular weight is 572 g/mol. The highest BCUT2D eigenvalue weighted by molar-refractivity contribution is 9.11. The minimum atomic E-state index is -1.39. The lowest BCUT2D eigenvalue weighted by atomic mass is 9.70. The summed E-state index contributed by atoms with van der Waals surface area (Å²) in [5.74, 6) is 0. The Morgan fingerprint density at radius 2 is 0.765 bits per heavy atom. The molecule has 0 heterocycles. The van der Waals surface area contributed by atoms with Gasteiger partial charge in [0.05, 0.1) is 0 Å². The van der Waals surface area contributed by atoms with Crippen molar-refractivity contribution in [2.75, 3.05) is 0 Å². The van der Waals surface area contributed by atoms with E-state index in [0.29, 0.717) is 11.1 Å². The lowest BCUT2D eigenvalue weighted by molar-refractivity contribution is 0.0919. The van der Waals surface area contributed by atoms with Gasteiger partial charge in [0.2, 0.25) is 0 Å². The molecule has 0 unspecified atom stereocenters. The van der Waals surface area contributed by atoms with E-state index in [0.717, 1.165) is 41.6 Å². The van der Waals surface area contributed by atoms with Crippen LogP contribution in [-0.4, -0.2) is 10.2 Å². The lowest BCUT2D eigenvalue weighted by Crippen LogP contribution is -2.38. The third kappa shape index (κ3) is 3.06. The summed E-state index contributed by atoms with van der Waals surface area (Å²) in [4.78, 5) is 0. The second kappa shape index (κ2) is 7.89. The van der Waals surface area contributed by atoms with Gasteiger partial charge < -0.3 is 10.2 Å². The number of halogens is 2. The Morgan fingerprint density at radius 1 is 0.412 bits per heavy atom. The van der Waals surface area contributed by atoms with Crippen LogP contribution in [0.5, 0.6) is 0 Å². The quantitative estimate of drug-likeness (QED) is 0.215. The molecule has 0 aliphatic heterocycles. The zero-order valence-electron chi connectivity index (χ0n) is 18.0. The summed E-state index contributed by atoms with van der Waals surface area (Å²) in [6, 6.07) is 31.5. The molecule has 0 bridgehead atoms. The molecule has 0 radical (unpaired) electrons. The van der Waals surface area contributed by atoms with E-state index in [9.17, 15) is 10.2 Å². The molecule has 0 aromatic heterocycles. The van der Waals surface area contributed by atoms with E-state index in [1.807, 2.05) is 97.1 Å². The van der Waals surface area contributed by atoms with Gasteiger partial charge in [-0.05, 0) is 68.1 Å². The highest BCUT2D eigenvalue weighted by atomic mass is 79.9. The lowest BCUT2D eigenvalue weighted by Gasteiger charge is -2.40. The Hall–Kier alpha value is -2.76. The topological polar surface area (TPSA) is 40.5 Å². The predicted molar refractivity (Wildman–Crippen MR) is 145 cm³/mol. The van der Waals surface area contributed by atoms with Crippen molar-refractivity contribution in [2.45, 2.75) is 11.2 Å². The molecule has 5 aromatic carbocycles. The normalized spacial score (nSPS) is 21.6. The van der Waals surface area contributed by atoms with Gasteiger partial charge in [-0.2, -0.15) is 0 Å². The molecule has 34 heavy (non-hydrogen) atoms. The predicted octanol–water partition coefficient (Wildman–Crippen LogP) is 7.56. The smallest absolute Gasteiger partial charge is 0.134 e. The van der Waals surface area contributed by atoms with Crippen molar-refractivity contribution < 1.29 is 10.2 Å². The minimum absolute atomic E-state index is 0.666. The van der Waals surface area contributed by atoms with Crippen LogP contribution in [0, 0.1) is 0 Å². The van der Waals surface area contributed by atoms with Crippen LogP contribution in [0.15, 0.2) is 118 Å². The molecule has 6 rings (SSSR count). The summed E-state index contributed by atoms with van der Waals surface area (Å²) in [6.07, 6.45) is 3.48. The van der Waals surface area contributed by atoms with Crippen molar-refractivity contribution in [3.8, 4) is 0 Å². The van der Waals surface area contributed by atoms with E-state index in [1.165, 1.54) is 0 Å². The number of hydrogen-bond donors (Lipinski definition) is 2. The van der Waals surface area contributed by atoms with Gasteiger partial charge >= 0.3 is 0 Å². The minimum Gasteiger partial charge on any atom is -0.377 e. The molecular formula is C30H20Br2O2. The molecule has 166 valence electrons. The van der Waals surface area contributed by atoms with Gasteiger partial charge in [-0.1, -0.05) is 117 Å². The highest BCUT2D eigenvalue weighted by Gasteiger charge is 2.44. The Kier molecular flexibility index (Phi) is 5.05. The van der Waals surface area contributed by atoms with E-state index < -0.39 is 11.2 Å². The van der Waals surface area contributed by atoms with E-state index in [2.05, 4.69) is 31.9 Å². The van der Waals surface area contributed by atoms with Gasteiger partial charge in [0.1, 0.15) is 11.2 Å². The van der Waals surface area contributed by atoms with Crippen LogP contribution >= 0.6 is 31.9 Å². The summed E-state index contributed by atoms with van der Waals surface area (Å²) in [5, 5.41) is 28.4. The molecule has 0 spiro atoms. The second-order valence-corrected chi connectivity index (χ2v) is 10.4. The maximum atomic E-state index is 12.2. The van der Waals surface area contributed by atoms with Crippen molar-refractivity contribution in [3.63, 3.8) is 0 Å². The molecule has 5 aromatic rings. The third-order valence-corrected chi connectivity index (χ3v) is 8.26. The first-order valence-corrected chi connectivity index (χ1v) is 12.6. The molecule has 1 aliphatic carbocycles. The summed E-state index contributed by atoms with van der Waals surface area (Å²) in [7, 11) is 0. The maximum Gasteiger partial charge on any atom is 0.134 e. The van der Waals surface area contributed by atoms with Crippen LogP contribution in [0.25, 0.3) is 21.5 Å². The van der Waals surface area contributed by atoms with Crippen LogP contribution in [0.3, 0.4) is 0 Å². The number of hydrogen-bond acceptors (Lipinski definition) is 2. The van der Waals surface area contributed by atoms with Gasteiger partial charge in [0.25, 0.3) is 0 Å². The molecule has 0 fully saturated rings. The van der Waals surface area contributed by atoms with Crippen molar-refractivity contribution in [1.29, 1.82) is 0 Å². The molecule has 0 amide bonds. The van der Waals surface area contributed by atoms with Crippen LogP contribution in [-0.2, 0) is 11.2 Å². The monoisotopic (exact) mass is 570 g/mol. The Balaban J connectivity index is 1.64. The van der Waals surface area contributed by atoms with Gasteiger partial charge in [-0.25, -0.2) is 0 Å². The molecule has 2 nitrogen and oxygen atoms in total. The van der Waals surface area contributed by atoms with Crippen molar-refractivity contribution in [3.05, 3.63) is 140 Å². The molecule has 0 saturated heterocycles. The molecule has 1 aliphatic rings. The number of aliphatic hydroxyl groups is 2. The van der Waals surface area contributed by atoms with E-state index in [4.69, 9.17) is 0 Å². The zero-order valence-corrected chi connectivity index (χ0v) is 21.2. The van der Waals surface area contributed by atoms with Crippen molar-refractivity contribution in [1.82, 2.24) is 0 Å². The van der Waals surface area contributed by atoms with E-state index >= 15 is 0 Å². The Labute approximate surface area is 214 Å². The second-order valence-electron chi connectivity index (χ2n) is 8.69. The number of rotatable bonds is 2. The standard InChI is InChI=1S/C30H20Br2O2/c31-27-15-13-23(19-7-1-3-9-21(19)27)29(33)17-18-30(34,26-12-6-5-11-25(26)29)24-14-16-28(32)22-10-4-2-8-20(22)24/h1-18,33-34H/t29-,30-/m0/s1. The Bertz CT molecular complexity index is 1500. The Morgan fingerprint density at radius 3 is 1.18 bits per heavy atom. The van der Waals surface area contributed by atoms with Crippen LogP contribution in [0.2, 0.25) is 0 Å². The van der Waals surface area contributed by atoms with Gasteiger partial charge in [0, 0.05) is 8.95 Å². The highest BCUT2D eigenvalue weighted by Crippen LogP contribution is 2.48. The zero-order chi connectivity index (χ0) is 23.5. The van der Waals surface area contributed by atoms with Crippen LogP contribution < -0.4 is 0 Å². The first kappa shape index (κ1) is 21.8. The molecule has 2 N–H and O–H groups in total. The average Bonchev–Trinajstić information content (AvgIpc) is 2.87. The molecule has 2 atom stereocenters. The van der Waals surface area contributed by atoms with Crippen molar-refractivity contribution >= 4 is 53.4 Å². The fourth-order valence-corrected chi connectivity index (χ4v) is 6.18. The fraction of sp³-hybridized carbons (Fsp3) is 0.0667. The number of fused-ring (bicyclic) bond motifs is 3. The summed E-state index contributed by atoms with van der Waals surface area (Å²) < 4.78 is 1.95. The first-order valence-electron chi connectivity index (χ1n) is 11.0. The van der Waals surface area contributed by atoms with Crippen LogP contribution in [0.1, 0.15) is 22.3 Å². The first-order chi connectivity index (χ1) is 16.4. The largest absolute Gasteiger partial charge is 0.377 e. The summed E-state index contributed by atoms with van der Waals surface area (Å²) in [5.41, 5.74) is 0.0946. The van der Waals surface area contributed by atoms with Crippen molar-refractivity contribution in [2.24, 2.45) is 0 Å². The van der Waals surface area contributed by atoms with E-state index in [-0.39, 0.29) is 0 Å². The van der Waals surface area contributed by atoms with Gasteiger partial charge in [0.15, 0.2) is 0 Å². The summed E-state index contributed by atoms with van der Waals surface area (Å²) in [6.45, 7) is 0. The van der Waals surface area contributed by atoms with Gasteiger partial charge in [-0.15, -0.1) is 0 Å². The van der Waals surface area contributed by atoms with Crippen LogP contribution in [0.4, 0.5) is 0 Å². The maximum absolute atomic E-state index is 12.2. The van der Waals surface area contributed by atoms with Gasteiger partial charge in [-0.3, -0.25) is 0 Å². The molecule has 0 saturated carbocycles. The number of benzene rings is 5.